The summed E-state index contributed by atoms with van der Waals surface area (Å²) < 4.78 is 1.72. The zero-order chi connectivity index (χ0) is 14.5. The minimum absolute atomic E-state index is 0.0318. The number of hydrogen-bond acceptors (Lipinski definition) is 6. The molecule has 3 N–H and O–H groups in total. The second kappa shape index (κ2) is 7.05. The van der Waals surface area contributed by atoms with Crippen molar-refractivity contribution in [3.63, 3.8) is 0 Å². The first-order valence-corrected chi connectivity index (χ1v) is 8.40. The number of aromatic nitrogens is 2. The molecular weight excluding hydrogens is 360 g/mol. The quantitative estimate of drug-likeness (QED) is 0.788. The van der Waals surface area contributed by atoms with Crippen LogP contribution < -0.4 is 11.1 Å². The second-order valence-corrected chi connectivity index (χ2v) is 7.18. The Hall–Kier alpha value is -1.12. The van der Waals surface area contributed by atoms with Gasteiger partial charge in [-0.2, -0.15) is 0 Å². The maximum atomic E-state index is 11.9. The van der Waals surface area contributed by atoms with Gasteiger partial charge in [0.1, 0.15) is 0 Å². The van der Waals surface area contributed by atoms with Gasteiger partial charge in [-0.15, -0.1) is 10.2 Å². The van der Waals surface area contributed by atoms with E-state index in [9.17, 15) is 4.79 Å². The monoisotopic (exact) mass is 372 g/mol. The summed E-state index contributed by atoms with van der Waals surface area (Å²) in [6, 6.07) is 7.84. The third kappa shape index (κ3) is 4.46. The van der Waals surface area contributed by atoms with Gasteiger partial charge in [-0.3, -0.25) is 4.79 Å². The molecule has 1 heterocycles. The van der Waals surface area contributed by atoms with Crippen molar-refractivity contribution in [1.29, 1.82) is 0 Å². The highest BCUT2D eigenvalue weighted by molar-refractivity contribution is 9.10. The first kappa shape index (κ1) is 15.3. The van der Waals surface area contributed by atoms with Gasteiger partial charge < -0.3 is 11.1 Å². The number of nitrogens with two attached hydrogens (primary N) is 1. The van der Waals surface area contributed by atoms with Crippen LogP contribution in [0.2, 0.25) is 0 Å². The van der Waals surface area contributed by atoms with Crippen LogP contribution in [0.4, 0.5) is 5.13 Å². The Labute approximate surface area is 133 Å². The molecule has 1 amide bonds. The van der Waals surface area contributed by atoms with Crippen LogP contribution in [0.3, 0.4) is 0 Å². The van der Waals surface area contributed by atoms with Crippen molar-refractivity contribution in [2.45, 2.75) is 17.3 Å². The van der Waals surface area contributed by atoms with Crippen LogP contribution in [-0.4, -0.2) is 21.9 Å². The van der Waals surface area contributed by atoms with Crippen molar-refractivity contribution >= 4 is 50.1 Å². The van der Waals surface area contributed by atoms with Gasteiger partial charge in [0, 0.05) is 4.47 Å². The molecule has 1 aromatic heterocycles. The summed E-state index contributed by atoms with van der Waals surface area (Å²) in [5.74, 6) is 0.259. The van der Waals surface area contributed by atoms with E-state index in [-0.39, 0.29) is 11.9 Å². The van der Waals surface area contributed by atoms with Gasteiger partial charge in [-0.25, -0.2) is 0 Å². The average Bonchev–Trinajstić information content (AvgIpc) is 2.83. The maximum absolute atomic E-state index is 11.9. The van der Waals surface area contributed by atoms with E-state index in [1.54, 1.807) is 0 Å². The molecule has 106 valence electrons. The molecule has 2 rings (SSSR count). The number of nitrogens with zero attached hydrogens (tertiary/aromatic N) is 2. The summed E-state index contributed by atoms with van der Waals surface area (Å²) in [6.07, 6.45) is 0. The number of thioether (sulfide) groups is 1. The number of hydrogen-bond donors (Lipinski definition) is 2. The van der Waals surface area contributed by atoms with E-state index < -0.39 is 0 Å². The molecule has 0 aliphatic rings. The molecule has 2 aromatic rings. The fourth-order valence-electron chi connectivity index (χ4n) is 1.52. The number of carbonyl (C=O) groups excluding carboxylic acids is 1. The Morgan fingerprint density at radius 1 is 1.45 bits per heavy atom. The van der Waals surface area contributed by atoms with E-state index in [1.165, 1.54) is 23.1 Å². The van der Waals surface area contributed by atoms with Crippen molar-refractivity contribution < 1.29 is 4.79 Å². The molecule has 1 atom stereocenters. The molecular formula is C12H13BrN4OS2. The van der Waals surface area contributed by atoms with Gasteiger partial charge in [0.25, 0.3) is 0 Å². The number of anilines is 1. The molecule has 0 fully saturated rings. The summed E-state index contributed by atoms with van der Waals surface area (Å²) in [7, 11) is 0. The number of halogens is 1. The number of benzene rings is 1. The van der Waals surface area contributed by atoms with Crippen molar-refractivity contribution in [1.82, 2.24) is 15.5 Å². The van der Waals surface area contributed by atoms with Crippen molar-refractivity contribution in [2.75, 3.05) is 11.5 Å². The second-order valence-electron chi connectivity index (χ2n) is 4.04. The normalized spacial score (nSPS) is 12.1. The zero-order valence-corrected chi connectivity index (χ0v) is 13.9. The first-order valence-electron chi connectivity index (χ1n) is 5.81. The van der Waals surface area contributed by atoms with E-state index in [0.29, 0.717) is 15.2 Å². The molecule has 0 saturated carbocycles. The van der Waals surface area contributed by atoms with Crippen LogP contribution >= 0.6 is 39.0 Å². The predicted molar refractivity (Wildman–Crippen MR) is 85.7 cm³/mol. The van der Waals surface area contributed by atoms with E-state index >= 15 is 0 Å². The number of rotatable bonds is 5. The zero-order valence-electron chi connectivity index (χ0n) is 10.7. The lowest BCUT2D eigenvalue weighted by molar-refractivity contribution is -0.119. The Kier molecular flexibility index (Phi) is 5.38. The number of carbonyl (C=O) groups is 1. The van der Waals surface area contributed by atoms with Gasteiger partial charge in [0.2, 0.25) is 11.0 Å². The maximum Gasteiger partial charge on any atom is 0.230 e. The lowest BCUT2D eigenvalue weighted by Gasteiger charge is -2.14. The summed E-state index contributed by atoms with van der Waals surface area (Å²) >= 11 is 6.00. The fourth-order valence-corrected chi connectivity index (χ4v) is 3.24. The number of nitrogen functional groups attached to an aromatic ring is 1. The van der Waals surface area contributed by atoms with Crippen LogP contribution in [0.25, 0.3) is 0 Å². The molecule has 0 radical (unpaired) electrons. The first-order chi connectivity index (χ1) is 9.54. The highest BCUT2D eigenvalue weighted by Crippen LogP contribution is 2.23. The van der Waals surface area contributed by atoms with E-state index in [2.05, 4.69) is 31.4 Å². The molecule has 0 spiro atoms. The van der Waals surface area contributed by atoms with Crippen molar-refractivity contribution in [2.24, 2.45) is 0 Å². The van der Waals surface area contributed by atoms with Gasteiger partial charge in [0.05, 0.1) is 11.8 Å². The van der Waals surface area contributed by atoms with Crippen LogP contribution in [-0.2, 0) is 4.79 Å². The predicted octanol–water partition coefficient (Wildman–Crippen LogP) is 2.85. The Morgan fingerprint density at radius 2 is 2.15 bits per heavy atom. The van der Waals surface area contributed by atoms with Crippen LogP contribution in [0.15, 0.2) is 33.1 Å². The molecule has 20 heavy (non-hydrogen) atoms. The smallest absolute Gasteiger partial charge is 0.230 e. The van der Waals surface area contributed by atoms with E-state index in [1.807, 2.05) is 31.2 Å². The third-order valence-corrected chi connectivity index (χ3v) is 4.91. The third-order valence-electron chi connectivity index (χ3n) is 2.50. The van der Waals surface area contributed by atoms with Crippen LogP contribution in [0, 0.1) is 0 Å². The minimum Gasteiger partial charge on any atom is -0.374 e. The summed E-state index contributed by atoms with van der Waals surface area (Å²) in [6.45, 7) is 1.95. The minimum atomic E-state index is -0.0424. The summed E-state index contributed by atoms with van der Waals surface area (Å²) in [5, 5.41) is 10.9. The molecule has 5 nitrogen and oxygen atoms in total. The van der Waals surface area contributed by atoms with Gasteiger partial charge in [-0.05, 0) is 24.6 Å². The van der Waals surface area contributed by atoms with E-state index in [4.69, 9.17) is 5.73 Å². The SMILES string of the molecule is CC(NC(=O)CSc1nnc(N)s1)c1ccc(Br)cc1. The fraction of sp³-hybridized carbons (Fsp3) is 0.250. The van der Waals surface area contributed by atoms with Gasteiger partial charge >= 0.3 is 0 Å². The lowest BCUT2D eigenvalue weighted by Crippen LogP contribution is -2.28. The van der Waals surface area contributed by atoms with E-state index in [0.717, 1.165) is 10.0 Å². The largest absolute Gasteiger partial charge is 0.374 e. The van der Waals surface area contributed by atoms with Crippen molar-refractivity contribution in [3.05, 3.63) is 34.3 Å². The number of nitrogens with one attached hydrogen (secondary N) is 1. The highest BCUT2D eigenvalue weighted by Gasteiger charge is 2.11. The van der Waals surface area contributed by atoms with Gasteiger partial charge in [0.15, 0.2) is 4.34 Å². The molecule has 0 aliphatic heterocycles. The van der Waals surface area contributed by atoms with Crippen LogP contribution in [0.5, 0.6) is 0 Å². The average molecular weight is 373 g/mol. The Morgan fingerprint density at radius 3 is 2.75 bits per heavy atom. The topological polar surface area (TPSA) is 80.9 Å². The van der Waals surface area contributed by atoms with Crippen molar-refractivity contribution in [3.8, 4) is 0 Å². The number of amides is 1. The highest BCUT2D eigenvalue weighted by atomic mass is 79.9. The molecule has 8 heteroatoms. The molecule has 0 saturated heterocycles. The summed E-state index contributed by atoms with van der Waals surface area (Å²) in [5.41, 5.74) is 6.54. The summed E-state index contributed by atoms with van der Waals surface area (Å²) in [4.78, 5) is 11.9. The Balaban J connectivity index is 1.83. The van der Waals surface area contributed by atoms with Gasteiger partial charge in [-0.1, -0.05) is 51.2 Å². The molecule has 1 aromatic carbocycles. The standard InChI is InChI=1S/C12H13BrN4OS2/c1-7(8-2-4-9(13)5-3-8)15-10(18)6-19-12-17-16-11(14)20-12/h2-5,7H,6H2,1H3,(H2,14,16)(H,15,18). The van der Waals surface area contributed by atoms with Crippen LogP contribution in [0.1, 0.15) is 18.5 Å². The molecule has 0 aliphatic carbocycles. The Bertz CT molecular complexity index is 587. The molecule has 1 unspecified atom stereocenters. The molecule has 0 bridgehead atoms. The lowest BCUT2D eigenvalue weighted by atomic mass is 10.1.